The average Bonchev–Trinajstić information content (AvgIpc) is 2.96. The van der Waals surface area contributed by atoms with E-state index in [1.165, 1.54) is 6.07 Å². The normalized spacial score (nSPS) is 27.8. The van der Waals surface area contributed by atoms with E-state index in [1.807, 2.05) is 0 Å². The lowest BCUT2D eigenvalue weighted by Crippen LogP contribution is -2.33. The molecule has 1 fully saturated rings. The van der Waals surface area contributed by atoms with Gasteiger partial charge < -0.3 is 35.6 Å². The first-order chi connectivity index (χ1) is 11.2. The van der Waals surface area contributed by atoms with Crippen LogP contribution in [-0.4, -0.2) is 64.6 Å². The first kappa shape index (κ1) is 17.0. The summed E-state index contributed by atoms with van der Waals surface area (Å²) in [5.41, 5.74) is 5.85. The number of ether oxygens (including phenoxy) is 1. The van der Waals surface area contributed by atoms with Crippen LogP contribution < -0.4 is 5.73 Å². The van der Waals surface area contributed by atoms with Crippen LogP contribution in [0.15, 0.2) is 12.4 Å². The zero-order valence-corrected chi connectivity index (χ0v) is 12.9. The lowest BCUT2D eigenvalue weighted by atomic mass is 10.1. The molecule has 1 aliphatic rings. The number of nitrogens with two attached hydrogens (primary N) is 1. The first-order valence-corrected chi connectivity index (χ1v) is 8.24. The van der Waals surface area contributed by atoms with Crippen molar-refractivity contribution in [1.29, 1.82) is 0 Å². The molecule has 12 nitrogen and oxygen atoms in total. The molecular weight excluding hydrogens is 347 g/mol. The molecule has 2 aromatic rings. The lowest BCUT2D eigenvalue weighted by molar-refractivity contribution is -0.0526. The number of aliphatic hydroxyl groups excluding tert-OH is 2. The molecule has 7 N–H and O–H groups in total. The number of nitrogens with zero attached hydrogens (tertiary/aromatic N) is 3. The molecule has 0 aromatic carbocycles. The van der Waals surface area contributed by atoms with Gasteiger partial charge in [-0.3, -0.25) is 9.09 Å². The number of hydrogen-bond acceptors (Lipinski definition) is 9. The Morgan fingerprint density at radius 1 is 1.33 bits per heavy atom. The van der Waals surface area contributed by atoms with Crippen molar-refractivity contribution < 1.29 is 38.9 Å². The molecule has 24 heavy (non-hydrogen) atoms. The zero-order chi connectivity index (χ0) is 17.6. The van der Waals surface area contributed by atoms with Gasteiger partial charge in [-0.1, -0.05) is 0 Å². The fourth-order valence-electron chi connectivity index (χ4n) is 2.54. The molecule has 1 saturated heterocycles. The molecule has 4 atom stereocenters. The van der Waals surface area contributed by atoms with Crippen LogP contribution in [0.25, 0.3) is 11.0 Å². The predicted molar refractivity (Wildman–Crippen MR) is 77.5 cm³/mol. The van der Waals surface area contributed by atoms with E-state index >= 15 is 0 Å². The highest BCUT2D eigenvalue weighted by atomic mass is 31.2. The Morgan fingerprint density at radius 2 is 2.04 bits per heavy atom. The average molecular weight is 362 g/mol. The number of hydrogen-bond donors (Lipinski definition) is 6. The van der Waals surface area contributed by atoms with Gasteiger partial charge in [0.1, 0.15) is 30.5 Å². The maximum atomic E-state index is 10.7. The van der Waals surface area contributed by atoms with Crippen LogP contribution in [0.2, 0.25) is 0 Å². The minimum atomic E-state index is -4.77. The van der Waals surface area contributed by atoms with Crippen molar-refractivity contribution in [1.82, 2.24) is 14.5 Å². The summed E-state index contributed by atoms with van der Waals surface area (Å²) in [5, 5.41) is 30.5. The first-order valence-electron chi connectivity index (χ1n) is 6.71. The molecule has 13 heteroatoms. The number of phosphoric acid groups is 1. The molecule has 0 spiro atoms. The smallest absolute Gasteiger partial charge is 0.469 e. The number of aromatic nitrogens is 3. The highest BCUT2D eigenvalue weighted by molar-refractivity contribution is 7.46. The minimum absolute atomic E-state index is 0.100. The summed E-state index contributed by atoms with van der Waals surface area (Å²) in [6.45, 7) is -0.657. The van der Waals surface area contributed by atoms with Gasteiger partial charge in [0.15, 0.2) is 17.8 Å². The molecule has 0 unspecified atom stereocenters. The number of nitrogen functional groups attached to an aromatic ring is 1. The lowest BCUT2D eigenvalue weighted by Gasteiger charge is -2.18. The third-order valence-corrected chi connectivity index (χ3v) is 4.13. The third kappa shape index (κ3) is 2.96. The molecule has 0 saturated carbocycles. The van der Waals surface area contributed by atoms with Gasteiger partial charge >= 0.3 is 7.82 Å². The van der Waals surface area contributed by atoms with E-state index in [0.29, 0.717) is 5.39 Å². The van der Waals surface area contributed by atoms with Crippen molar-refractivity contribution >= 4 is 24.7 Å². The summed E-state index contributed by atoms with van der Waals surface area (Å²) in [7, 11) is -4.77. The number of phosphoric ester groups is 1. The maximum absolute atomic E-state index is 10.7. The number of aromatic hydroxyl groups is 1. The van der Waals surface area contributed by atoms with E-state index in [2.05, 4.69) is 14.5 Å². The van der Waals surface area contributed by atoms with E-state index in [1.54, 1.807) is 0 Å². The quantitative estimate of drug-likeness (QED) is 0.345. The summed E-state index contributed by atoms with van der Waals surface area (Å²) in [5.74, 6) is -0.242. The van der Waals surface area contributed by atoms with Crippen molar-refractivity contribution in [2.75, 3.05) is 12.3 Å². The molecule has 1 aliphatic heterocycles. The van der Waals surface area contributed by atoms with Gasteiger partial charge in [-0.15, -0.1) is 0 Å². The number of rotatable bonds is 4. The SMILES string of the molecule is Nc1ncnc2c1cc(O)n2[C@@H]1O[C@H](COP(=O)(O)O)[C@@H](O)[C@H]1O. The van der Waals surface area contributed by atoms with Crippen LogP contribution in [-0.2, 0) is 13.8 Å². The van der Waals surface area contributed by atoms with Gasteiger partial charge in [0.05, 0.1) is 12.0 Å². The number of anilines is 1. The molecule has 0 amide bonds. The number of fused-ring (bicyclic) bond motifs is 1. The molecule has 0 radical (unpaired) electrons. The largest absolute Gasteiger partial charge is 0.494 e. The van der Waals surface area contributed by atoms with Gasteiger partial charge in [-0.25, -0.2) is 14.5 Å². The van der Waals surface area contributed by atoms with E-state index in [-0.39, 0.29) is 17.3 Å². The maximum Gasteiger partial charge on any atom is 0.469 e. The van der Waals surface area contributed by atoms with Gasteiger partial charge in [-0.2, -0.15) is 0 Å². The molecule has 0 bridgehead atoms. The zero-order valence-electron chi connectivity index (χ0n) is 12.0. The molecule has 3 rings (SSSR count). The van der Waals surface area contributed by atoms with Crippen molar-refractivity contribution in [3.63, 3.8) is 0 Å². The molecular formula is C11H15N4O8P. The second kappa shape index (κ2) is 5.93. The summed E-state index contributed by atoms with van der Waals surface area (Å²) < 4.78 is 21.5. The van der Waals surface area contributed by atoms with Crippen LogP contribution in [0.4, 0.5) is 5.82 Å². The van der Waals surface area contributed by atoms with Crippen molar-refractivity contribution in [3.8, 4) is 5.88 Å². The Labute approximate surface area is 134 Å². The molecule has 132 valence electrons. The Balaban J connectivity index is 1.92. The van der Waals surface area contributed by atoms with E-state index in [0.717, 1.165) is 10.9 Å². The fraction of sp³-hybridized carbons (Fsp3) is 0.455. The molecule has 3 heterocycles. The van der Waals surface area contributed by atoms with Gasteiger partial charge in [0, 0.05) is 6.07 Å². The Hall–Kier alpha value is -1.79. The standard InChI is InChI=1S/C11H15N4O8P/c12-9-4-1-6(16)15(10(4)14-3-13-9)11-8(18)7(17)5(23-11)2-22-24(19,20)21/h1,3,5,7-8,11,16-18H,2H2,(H2,12,13,14)(H2,19,20,21)/t5-,7-,8-,11-/m1/s1. The van der Waals surface area contributed by atoms with Gasteiger partial charge in [-0.05, 0) is 0 Å². The van der Waals surface area contributed by atoms with Gasteiger partial charge in [0.2, 0.25) is 0 Å². The summed E-state index contributed by atoms with van der Waals surface area (Å²) in [6, 6.07) is 1.27. The third-order valence-electron chi connectivity index (χ3n) is 3.64. The van der Waals surface area contributed by atoms with E-state index in [4.69, 9.17) is 20.3 Å². The second-order valence-electron chi connectivity index (χ2n) is 5.20. The second-order valence-corrected chi connectivity index (χ2v) is 6.44. The van der Waals surface area contributed by atoms with E-state index < -0.39 is 39.0 Å². The number of aliphatic hydroxyl groups is 2. The predicted octanol–water partition coefficient (Wildman–Crippen LogP) is -1.55. The highest BCUT2D eigenvalue weighted by Crippen LogP contribution is 2.40. The Morgan fingerprint density at radius 3 is 2.71 bits per heavy atom. The van der Waals surface area contributed by atoms with Crippen molar-refractivity contribution in [3.05, 3.63) is 12.4 Å². The topological polar surface area (TPSA) is 193 Å². The molecule has 0 aliphatic carbocycles. The van der Waals surface area contributed by atoms with Crippen molar-refractivity contribution in [2.24, 2.45) is 0 Å². The Bertz CT molecular complexity index is 807. The van der Waals surface area contributed by atoms with Crippen LogP contribution >= 0.6 is 7.82 Å². The van der Waals surface area contributed by atoms with Crippen molar-refractivity contribution in [2.45, 2.75) is 24.5 Å². The summed E-state index contributed by atoms with van der Waals surface area (Å²) >= 11 is 0. The molecule has 2 aromatic heterocycles. The van der Waals surface area contributed by atoms with Crippen LogP contribution in [0.5, 0.6) is 5.88 Å². The van der Waals surface area contributed by atoms with Crippen LogP contribution in [0, 0.1) is 0 Å². The van der Waals surface area contributed by atoms with Crippen LogP contribution in [0.1, 0.15) is 6.23 Å². The highest BCUT2D eigenvalue weighted by Gasteiger charge is 2.45. The fourth-order valence-corrected chi connectivity index (χ4v) is 2.88. The summed E-state index contributed by atoms with van der Waals surface area (Å²) in [4.78, 5) is 25.2. The van der Waals surface area contributed by atoms with E-state index in [9.17, 15) is 19.9 Å². The monoisotopic (exact) mass is 362 g/mol. The van der Waals surface area contributed by atoms with Crippen LogP contribution in [0.3, 0.4) is 0 Å². The summed E-state index contributed by atoms with van der Waals surface area (Å²) in [6.07, 6.45) is -4.35. The van der Waals surface area contributed by atoms with Gasteiger partial charge in [0.25, 0.3) is 0 Å². The minimum Gasteiger partial charge on any atom is -0.494 e. The Kier molecular flexibility index (Phi) is 4.21.